The Morgan fingerprint density at radius 2 is 1.27 bits per heavy atom. The minimum absolute atomic E-state index is 0.133. The Hall–Kier alpha value is -3.85. The SMILES string of the molecule is CC1=CC(C)=[N+](B2c3ccccc3-c3ccccc32)/C1=C(\c1[nH]c(C)cc1C)c1c(C)cc(C)cc1C. The first-order valence-electron chi connectivity index (χ1n) is 13.2. The zero-order chi connectivity index (χ0) is 26.0. The Balaban J connectivity index is 1.72. The number of rotatable bonds is 3. The summed E-state index contributed by atoms with van der Waals surface area (Å²) in [4.78, 5) is 3.75. The number of H-pyrrole nitrogens is 1. The largest absolute Gasteiger partial charge is 0.560 e. The van der Waals surface area contributed by atoms with Crippen LogP contribution in [0.4, 0.5) is 0 Å². The van der Waals surface area contributed by atoms with Crippen molar-refractivity contribution in [3.8, 4) is 11.1 Å². The van der Waals surface area contributed by atoms with Gasteiger partial charge in [-0.05, 0) is 81.0 Å². The maximum Gasteiger partial charge on any atom is 0.560 e. The summed E-state index contributed by atoms with van der Waals surface area (Å²) in [5.74, 6) is 0. The van der Waals surface area contributed by atoms with Crippen molar-refractivity contribution in [1.29, 1.82) is 0 Å². The van der Waals surface area contributed by atoms with Gasteiger partial charge in [-0.1, -0.05) is 66.2 Å². The number of aromatic amines is 1. The lowest BCUT2D eigenvalue weighted by atomic mass is 9.52. The maximum absolute atomic E-state index is 3.75. The Morgan fingerprint density at radius 3 is 1.81 bits per heavy atom. The molecule has 2 aliphatic heterocycles. The highest BCUT2D eigenvalue weighted by Gasteiger charge is 2.49. The summed E-state index contributed by atoms with van der Waals surface area (Å²) in [6, 6.07) is 24.8. The molecular weight excluding hydrogens is 447 g/mol. The molecule has 0 fully saturated rings. The summed E-state index contributed by atoms with van der Waals surface area (Å²) in [7, 11) is 0. The molecule has 37 heavy (non-hydrogen) atoms. The third kappa shape index (κ3) is 3.60. The zero-order valence-electron chi connectivity index (χ0n) is 23.0. The van der Waals surface area contributed by atoms with E-state index in [0.717, 1.165) is 0 Å². The molecule has 6 rings (SSSR count). The van der Waals surface area contributed by atoms with Gasteiger partial charge in [-0.25, -0.2) is 0 Å². The van der Waals surface area contributed by atoms with Gasteiger partial charge in [0, 0.05) is 35.2 Å². The smallest absolute Gasteiger partial charge is 0.358 e. The van der Waals surface area contributed by atoms with E-state index in [1.165, 1.54) is 83.8 Å². The van der Waals surface area contributed by atoms with Gasteiger partial charge >= 0.3 is 6.85 Å². The number of benzene rings is 3. The van der Waals surface area contributed by atoms with E-state index in [9.17, 15) is 0 Å². The standard InChI is InChI=1S/C34H33BN2/c1-20-16-21(2)31(22(3)17-20)32(33-23(4)18-25(6)36-33)34-24(5)19-26(7)37(34)35-29-14-10-8-12-27(29)28-13-9-11-15-30(28)35/h8-19H,1-7H3/p+1. The summed E-state index contributed by atoms with van der Waals surface area (Å²) in [5.41, 5.74) is 19.6. The second-order valence-electron chi connectivity index (χ2n) is 10.9. The van der Waals surface area contributed by atoms with E-state index in [-0.39, 0.29) is 6.85 Å². The summed E-state index contributed by atoms with van der Waals surface area (Å²) in [6.45, 7) is 15.8. The maximum atomic E-state index is 3.75. The number of aromatic nitrogens is 1. The van der Waals surface area contributed by atoms with Gasteiger partial charge < -0.3 is 4.98 Å². The molecule has 0 saturated carbocycles. The van der Waals surface area contributed by atoms with E-state index in [2.05, 4.69) is 131 Å². The van der Waals surface area contributed by atoms with Crippen molar-refractivity contribution in [2.75, 3.05) is 0 Å². The van der Waals surface area contributed by atoms with Crippen molar-refractivity contribution in [3.05, 3.63) is 123 Å². The fourth-order valence-electron chi connectivity index (χ4n) is 6.80. The molecular formula is C34H34BN2+. The summed E-state index contributed by atoms with van der Waals surface area (Å²) in [5, 5.41) is 0. The zero-order valence-corrected chi connectivity index (χ0v) is 23.0. The van der Waals surface area contributed by atoms with Crippen molar-refractivity contribution in [1.82, 2.24) is 4.98 Å². The fraction of sp³-hybridized carbons (Fsp3) is 0.206. The summed E-state index contributed by atoms with van der Waals surface area (Å²) in [6.07, 6.45) is 2.36. The molecule has 1 aromatic heterocycles. The molecule has 3 aromatic carbocycles. The first-order chi connectivity index (χ1) is 17.8. The first-order valence-corrected chi connectivity index (χ1v) is 13.2. The Bertz CT molecular complexity index is 1620. The Kier molecular flexibility index (Phi) is 5.49. The van der Waals surface area contributed by atoms with Crippen molar-refractivity contribution in [2.24, 2.45) is 0 Å². The molecule has 2 nitrogen and oxygen atoms in total. The number of nitrogens with zero attached hydrogens (tertiary/aromatic N) is 1. The molecule has 0 amide bonds. The number of allylic oxidation sites excluding steroid dienone is 2. The lowest BCUT2D eigenvalue weighted by Crippen LogP contribution is -2.49. The molecule has 0 aliphatic carbocycles. The van der Waals surface area contributed by atoms with Gasteiger partial charge in [0.2, 0.25) is 0 Å². The van der Waals surface area contributed by atoms with Crippen molar-refractivity contribution >= 4 is 29.1 Å². The quantitative estimate of drug-likeness (QED) is 0.321. The second kappa shape index (κ2) is 8.62. The Labute approximate surface area is 221 Å². The van der Waals surface area contributed by atoms with Crippen LogP contribution in [0, 0.1) is 34.6 Å². The van der Waals surface area contributed by atoms with Gasteiger partial charge in [0.25, 0.3) is 0 Å². The van der Waals surface area contributed by atoms with E-state index in [1.54, 1.807) is 0 Å². The van der Waals surface area contributed by atoms with Crippen LogP contribution in [0.2, 0.25) is 0 Å². The van der Waals surface area contributed by atoms with Gasteiger partial charge in [0.15, 0.2) is 11.4 Å². The molecule has 2 aliphatic rings. The highest BCUT2D eigenvalue weighted by atomic mass is 15.0. The average molecular weight is 481 g/mol. The van der Waals surface area contributed by atoms with E-state index in [1.807, 2.05) is 0 Å². The van der Waals surface area contributed by atoms with Gasteiger partial charge in [0.05, 0.1) is 11.3 Å². The van der Waals surface area contributed by atoms with Crippen LogP contribution < -0.4 is 10.9 Å². The van der Waals surface area contributed by atoms with Gasteiger partial charge in [-0.15, -0.1) is 0 Å². The lowest BCUT2D eigenvalue weighted by molar-refractivity contribution is -0.314. The molecule has 4 aromatic rings. The van der Waals surface area contributed by atoms with Crippen LogP contribution in [0.15, 0.2) is 84.1 Å². The molecule has 0 saturated heterocycles. The third-order valence-corrected chi connectivity index (χ3v) is 8.04. The van der Waals surface area contributed by atoms with E-state index >= 15 is 0 Å². The molecule has 0 atom stereocenters. The molecule has 182 valence electrons. The first kappa shape index (κ1) is 23.5. The third-order valence-electron chi connectivity index (χ3n) is 8.04. The van der Waals surface area contributed by atoms with Gasteiger partial charge in [0.1, 0.15) is 0 Å². The molecule has 1 N–H and O–H groups in total. The molecule has 0 bridgehead atoms. The van der Waals surface area contributed by atoms with Gasteiger partial charge in [-0.2, -0.15) is 0 Å². The number of hydrogen-bond acceptors (Lipinski definition) is 0. The number of fused-ring (bicyclic) bond motifs is 3. The van der Waals surface area contributed by atoms with Crippen LogP contribution in [0.1, 0.15) is 53.1 Å². The summed E-state index contributed by atoms with van der Waals surface area (Å²) < 4.78 is 2.60. The predicted octanol–water partition coefficient (Wildman–Crippen LogP) is 6.54. The predicted molar refractivity (Wildman–Crippen MR) is 159 cm³/mol. The van der Waals surface area contributed by atoms with Gasteiger partial charge in [-0.3, -0.25) is 4.49 Å². The topological polar surface area (TPSA) is 18.8 Å². The highest BCUT2D eigenvalue weighted by molar-refractivity contribution is 6.84. The minimum atomic E-state index is 0.133. The van der Waals surface area contributed by atoms with Crippen LogP contribution in [-0.4, -0.2) is 22.0 Å². The Morgan fingerprint density at radius 1 is 0.703 bits per heavy atom. The second-order valence-corrected chi connectivity index (χ2v) is 10.9. The number of aryl methyl sites for hydroxylation is 5. The lowest BCUT2D eigenvalue weighted by Gasteiger charge is -2.19. The van der Waals surface area contributed by atoms with Crippen LogP contribution in [0.3, 0.4) is 0 Å². The molecule has 0 spiro atoms. The van der Waals surface area contributed by atoms with Crippen molar-refractivity contribution < 1.29 is 4.49 Å². The summed E-state index contributed by atoms with van der Waals surface area (Å²) >= 11 is 0. The molecule has 3 heterocycles. The van der Waals surface area contributed by atoms with Crippen molar-refractivity contribution in [2.45, 2.75) is 48.5 Å². The van der Waals surface area contributed by atoms with Crippen LogP contribution >= 0.6 is 0 Å². The minimum Gasteiger partial charge on any atom is -0.358 e. The highest BCUT2D eigenvalue weighted by Crippen LogP contribution is 2.39. The van der Waals surface area contributed by atoms with Crippen molar-refractivity contribution in [3.63, 3.8) is 0 Å². The number of hydrogen-bond donors (Lipinski definition) is 1. The monoisotopic (exact) mass is 481 g/mol. The normalized spacial score (nSPS) is 15.8. The molecule has 3 heteroatoms. The fourth-order valence-corrected chi connectivity index (χ4v) is 6.80. The van der Waals surface area contributed by atoms with Crippen LogP contribution in [0.25, 0.3) is 16.7 Å². The van der Waals surface area contributed by atoms with E-state index in [4.69, 9.17) is 0 Å². The van der Waals surface area contributed by atoms with E-state index < -0.39 is 0 Å². The average Bonchev–Trinajstić information content (AvgIpc) is 3.45. The van der Waals surface area contributed by atoms with Crippen LogP contribution in [0.5, 0.6) is 0 Å². The molecule has 0 unspecified atom stereocenters. The van der Waals surface area contributed by atoms with E-state index in [0.29, 0.717) is 0 Å². The molecule has 0 radical (unpaired) electrons. The van der Waals surface area contributed by atoms with Crippen LogP contribution in [-0.2, 0) is 0 Å². The number of nitrogens with one attached hydrogen (secondary N) is 1.